The molecule has 16 heavy (non-hydrogen) atoms. The number of hydrogen-bond acceptors (Lipinski definition) is 4. The van der Waals surface area contributed by atoms with Crippen LogP contribution in [0.25, 0.3) is 0 Å². The normalized spacial score (nSPS) is 45.2. The highest BCUT2D eigenvalue weighted by Gasteiger charge is 2.54. The molecule has 1 aliphatic carbocycles. The predicted octanol–water partition coefficient (Wildman–Crippen LogP) is 1.82. The van der Waals surface area contributed by atoms with Crippen LogP contribution in [0, 0.1) is 0 Å². The highest BCUT2D eigenvalue weighted by Crippen LogP contribution is 2.46. The van der Waals surface area contributed by atoms with Crippen molar-refractivity contribution in [3.05, 3.63) is 0 Å². The fourth-order valence-electron chi connectivity index (χ4n) is 3.07. The van der Waals surface area contributed by atoms with Gasteiger partial charge in [-0.3, -0.25) is 0 Å². The molecule has 92 valence electrons. The van der Waals surface area contributed by atoms with Gasteiger partial charge in [0.15, 0.2) is 0 Å². The van der Waals surface area contributed by atoms with Crippen LogP contribution in [0.3, 0.4) is 0 Å². The van der Waals surface area contributed by atoms with Gasteiger partial charge in [-0.25, -0.2) is 0 Å². The number of rotatable bonds is 5. The zero-order valence-electron chi connectivity index (χ0n) is 9.81. The van der Waals surface area contributed by atoms with Crippen LogP contribution in [0.5, 0.6) is 0 Å². The molecule has 3 saturated heterocycles. The number of ether oxygens (including phenoxy) is 4. The summed E-state index contributed by atoms with van der Waals surface area (Å²) in [6, 6.07) is 0. The Morgan fingerprint density at radius 1 is 1.00 bits per heavy atom. The maximum absolute atomic E-state index is 5.91. The molecule has 0 radical (unpaired) electrons. The van der Waals surface area contributed by atoms with Crippen molar-refractivity contribution in [1.82, 2.24) is 0 Å². The lowest BCUT2D eigenvalue weighted by molar-refractivity contribution is -0.495. The van der Waals surface area contributed by atoms with E-state index < -0.39 is 5.97 Å². The SMILES string of the molecule is COCCCCC12OC3CC(CC(C3)O1)O2. The van der Waals surface area contributed by atoms with Crippen molar-refractivity contribution in [1.29, 1.82) is 0 Å². The Kier molecular flexibility index (Phi) is 2.92. The second-order valence-corrected chi connectivity index (χ2v) is 5.06. The number of methoxy groups -OCH3 is 1. The molecular formula is C12H20O4. The van der Waals surface area contributed by atoms with E-state index in [1.807, 2.05) is 0 Å². The molecule has 3 aliphatic heterocycles. The minimum atomic E-state index is -0.706. The lowest BCUT2D eigenvalue weighted by atomic mass is 9.88. The van der Waals surface area contributed by atoms with Gasteiger partial charge in [-0.1, -0.05) is 0 Å². The fourth-order valence-corrected chi connectivity index (χ4v) is 3.07. The van der Waals surface area contributed by atoms with E-state index >= 15 is 0 Å². The Labute approximate surface area is 96.2 Å². The van der Waals surface area contributed by atoms with E-state index in [4.69, 9.17) is 18.9 Å². The second-order valence-electron chi connectivity index (χ2n) is 5.06. The summed E-state index contributed by atoms with van der Waals surface area (Å²) < 4.78 is 22.8. The van der Waals surface area contributed by atoms with Crippen LogP contribution in [0.1, 0.15) is 38.5 Å². The molecule has 0 aromatic heterocycles. The minimum absolute atomic E-state index is 0.369. The van der Waals surface area contributed by atoms with Gasteiger partial charge in [0.25, 0.3) is 5.97 Å². The van der Waals surface area contributed by atoms with Gasteiger partial charge in [0.1, 0.15) is 0 Å². The van der Waals surface area contributed by atoms with Gasteiger partial charge in [-0.05, 0) is 12.8 Å². The van der Waals surface area contributed by atoms with E-state index in [0.717, 1.165) is 45.1 Å². The Balaban J connectivity index is 1.56. The van der Waals surface area contributed by atoms with Crippen LogP contribution in [-0.2, 0) is 18.9 Å². The van der Waals surface area contributed by atoms with E-state index in [2.05, 4.69) is 0 Å². The Morgan fingerprint density at radius 3 is 2.06 bits per heavy atom. The molecule has 4 bridgehead atoms. The molecule has 3 heterocycles. The van der Waals surface area contributed by atoms with Gasteiger partial charge in [0.05, 0.1) is 18.3 Å². The maximum atomic E-state index is 5.91. The maximum Gasteiger partial charge on any atom is 0.283 e. The van der Waals surface area contributed by atoms with Gasteiger partial charge in [-0.15, -0.1) is 0 Å². The molecule has 4 rings (SSSR count). The van der Waals surface area contributed by atoms with E-state index in [-0.39, 0.29) is 0 Å². The van der Waals surface area contributed by atoms with E-state index in [1.54, 1.807) is 7.11 Å². The summed E-state index contributed by atoms with van der Waals surface area (Å²) in [6.07, 6.45) is 7.17. The van der Waals surface area contributed by atoms with Crippen LogP contribution in [0.2, 0.25) is 0 Å². The third-order valence-corrected chi connectivity index (χ3v) is 3.70. The van der Waals surface area contributed by atoms with E-state index in [9.17, 15) is 0 Å². The first kappa shape index (κ1) is 11.0. The molecule has 0 amide bonds. The predicted molar refractivity (Wildman–Crippen MR) is 56.9 cm³/mol. The number of unbranched alkanes of at least 4 members (excludes halogenated alkanes) is 1. The third kappa shape index (κ3) is 1.99. The molecule has 4 fully saturated rings. The Morgan fingerprint density at radius 2 is 1.56 bits per heavy atom. The minimum Gasteiger partial charge on any atom is -0.385 e. The van der Waals surface area contributed by atoms with Crippen molar-refractivity contribution in [2.75, 3.05) is 13.7 Å². The molecule has 1 saturated carbocycles. The molecule has 0 aromatic carbocycles. The molecule has 0 spiro atoms. The average Bonchev–Trinajstić information content (AvgIpc) is 2.22. The Hall–Kier alpha value is -0.160. The van der Waals surface area contributed by atoms with Crippen molar-refractivity contribution in [3.63, 3.8) is 0 Å². The molecule has 4 nitrogen and oxygen atoms in total. The molecule has 4 aliphatic rings. The third-order valence-electron chi connectivity index (χ3n) is 3.70. The van der Waals surface area contributed by atoms with E-state index in [0.29, 0.717) is 18.3 Å². The van der Waals surface area contributed by atoms with Crippen molar-refractivity contribution in [3.8, 4) is 0 Å². The summed E-state index contributed by atoms with van der Waals surface area (Å²) in [5.74, 6) is -0.706. The molecule has 0 atom stereocenters. The summed E-state index contributed by atoms with van der Waals surface area (Å²) in [5, 5.41) is 0. The molecule has 0 N–H and O–H groups in total. The smallest absolute Gasteiger partial charge is 0.283 e. The Bertz CT molecular complexity index is 218. The van der Waals surface area contributed by atoms with Crippen LogP contribution < -0.4 is 0 Å². The van der Waals surface area contributed by atoms with Crippen LogP contribution in [-0.4, -0.2) is 38.0 Å². The first-order valence-corrected chi connectivity index (χ1v) is 6.32. The summed E-state index contributed by atoms with van der Waals surface area (Å²) in [5.41, 5.74) is 0. The molecular weight excluding hydrogens is 208 g/mol. The van der Waals surface area contributed by atoms with Crippen molar-refractivity contribution < 1.29 is 18.9 Å². The zero-order valence-corrected chi connectivity index (χ0v) is 9.81. The zero-order chi connectivity index (χ0) is 11.0. The first-order chi connectivity index (χ1) is 7.80. The van der Waals surface area contributed by atoms with E-state index in [1.165, 1.54) is 0 Å². The lowest BCUT2D eigenvalue weighted by Crippen LogP contribution is -2.62. The largest absolute Gasteiger partial charge is 0.385 e. The summed E-state index contributed by atoms with van der Waals surface area (Å²) in [4.78, 5) is 0. The number of hydrogen-bond donors (Lipinski definition) is 0. The summed E-state index contributed by atoms with van der Waals surface area (Å²) in [7, 11) is 1.73. The van der Waals surface area contributed by atoms with Crippen LogP contribution >= 0.6 is 0 Å². The average molecular weight is 228 g/mol. The van der Waals surface area contributed by atoms with Crippen molar-refractivity contribution in [2.45, 2.75) is 62.8 Å². The fraction of sp³-hybridized carbons (Fsp3) is 1.00. The van der Waals surface area contributed by atoms with Crippen molar-refractivity contribution in [2.24, 2.45) is 0 Å². The van der Waals surface area contributed by atoms with Crippen LogP contribution in [0.15, 0.2) is 0 Å². The molecule has 4 heteroatoms. The van der Waals surface area contributed by atoms with Crippen molar-refractivity contribution >= 4 is 0 Å². The standard InChI is InChI=1S/C12H20O4/c1-13-5-3-2-4-12-14-9-6-10(15-12)8-11(7-9)16-12/h9-11H,2-8H2,1H3. The quantitative estimate of drug-likeness (QED) is 0.673. The van der Waals surface area contributed by atoms with Gasteiger partial charge in [-0.2, -0.15) is 0 Å². The van der Waals surface area contributed by atoms with Gasteiger partial charge in [0, 0.05) is 39.4 Å². The highest BCUT2D eigenvalue weighted by molar-refractivity contribution is 4.91. The topological polar surface area (TPSA) is 36.9 Å². The van der Waals surface area contributed by atoms with Gasteiger partial charge >= 0.3 is 0 Å². The molecule has 0 unspecified atom stereocenters. The summed E-state index contributed by atoms with van der Waals surface area (Å²) >= 11 is 0. The second kappa shape index (κ2) is 4.26. The summed E-state index contributed by atoms with van der Waals surface area (Å²) in [6.45, 7) is 0.798. The highest BCUT2D eigenvalue weighted by atomic mass is 16.9. The van der Waals surface area contributed by atoms with Gasteiger partial charge in [0.2, 0.25) is 0 Å². The first-order valence-electron chi connectivity index (χ1n) is 6.32. The monoisotopic (exact) mass is 228 g/mol. The van der Waals surface area contributed by atoms with Gasteiger partial charge < -0.3 is 18.9 Å². The molecule has 0 aromatic rings. The lowest BCUT2D eigenvalue weighted by Gasteiger charge is -2.55. The van der Waals surface area contributed by atoms with Crippen LogP contribution in [0.4, 0.5) is 0 Å².